The zero-order valence-electron chi connectivity index (χ0n) is 17.1. The van der Waals surface area contributed by atoms with E-state index in [2.05, 4.69) is 10.1 Å². The molecule has 2 aromatic carbocycles. The van der Waals surface area contributed by atoms with Crippen LogP contribution in [0.5, 0.6) is 17.2 Å². The standard InChI is InChI=1S/C22H19N3O5S/c1-4-29-18-11-14(5-10-17(18)30-13(2)26)12-19-21(27)25-22(31-19)23-20(24-25)15-6-8-16(28-3)9-7-15/h5-12H,4H2,1-3H3/b19-12-. The molecule has 0 unspecified atom stereocenters. The number of thiazole rings is 1. The predicted molar refractivity (Wildman–Crippen MR) is 117 cm³/mol. The topological polar surface area (TPSA) is 92.0 Å². The number of carbonyl (C=O) groups is 1. The third-order valence-electron chi connectivity index (χ3n) is 4.35. The Balaban J connectivity index is 1.70. The van der Waals surface area contributed by atoms with E-state index in [1.807, 2.05) is 31.2 Å². The Hall–Kier alpha value is -3.72. The maximum atomic E-state index is 12.8. The van der Waals surface area contributed by atoms with Crippen LogP contribution in [0.1, 0.15) is 19.4 Å². The molecule has 0 spiro atoms. The summed E-state index contributed by atoms with van der Waals surface area (Å²) < 4.78 is 17.7. The van der Waals surface area contributed by atoms with Crippen LogP contribution < -0.4 is 24.3 Å². The first kappa shape index (κ1) is 20.5. The predicted octanol–water partition coefficient (Wildman–Crippen LogP) is 2.70. The van der Waals surface area contributed by atoms with Crippen molar-refractivity contribution in [2.75, 3.05) is 13.7 Å². The number of ether oxygens (including phenoxy) is 3. The molecule has 0 amide bonds. The summed E-state index contributed by atoms with van der Waals surface area (Å²) in [4.78, 5) is 29.1. The molecule has 2 heterocycles. The second-order valence-electron chi connectivity index (χ2n) is 6.51. The monoisotopic (exact) mass is 437 g/mol. The summed E-state index contributed by atoms with van der Waals surface area (Å²) >= 11 is 1.25. The Bertz CT molecular complexity index is 1360. The van der Waals surface area contributed by atoms with Crippen LogP contribution in [0.25, 0.3) is 22.4 Å². The number of rotatable bonds is 6. The number of hydrogen-bond donors (Lipinski definition) is 0. The molecule has 0 radical (unpaired) electrons. The van der Waals surface area contributed by atoms with Crippen LogP contribution in [0.4, 0.5) is 0 Å². The molecule has 31 heavy (non-hydrogen) atoms. The van der Waals surface area contributed by atoms with Crippen molar-refractivity contribution in [3.63, 3.8) is 0 Å². The van der Waals surface area contributed by atoms with Crippen LogP contribution in [0.2, 0.25) is 0 Å². The van der Waals surface area contributed by atoms with Gasteiger partial charge in [0.05, 0.1) is 18.2 Å². The molecule has 158 valence electrons. The van der Waals surface area contributed by atoms with Gasteiger partial charge in [-0.25, -0.2) is 0 Å². The van der Waals surface area contributed by atoms with Crippen LogP contribution >= 0.6 is 11.3 Å². The number of esters is 1. The third kappa shape index (κ3) is 4.26. The normalized spacial score (nSPS) is 11.6. The summed E-state index contributed by atoms with van der Waals surface area (Å²) in [5.41, 5.74) is 1.27. The molecule has 0 N–H and O–H groups in total. The highest BCUT2D eigenvalue weighted by atomic mass is 32.1. The van der Waals surface area contributed by atoms with Crippen LogP contribution in [0.3, 0.4) is 0 Å². The fourth-order valence-corrected chi connectivity index (χ4v) is 3.88. The zero-order chi connectivity index (χ0) is 22.0. The van der Waals surface area contributed by atoms with E-state index < -0.39 is 5.97 Å². The number of hydrogen-bond acceptors (Lipinski definition) is 8. The molecule has 0 aliphatic heterocycles. The van der Waals surface area contributed by atoms with Crippen molar-refractivity contribution in [1.82, 2.24) is 14.6 Å². The van der Waals surface area contributed by atoms with Crippen molar-refractivity contribution in [3.8, 4) is 28.6 Å². The minimum Gasteiger partial charge on any atom is -0.497 e. The average Bonchev–Trinajstić information content (AvgIpc) is 3.29. The van der Waals surface area contributed by atoms with Crippen LogP contribution in [0, 0.1) is 0 Å². The Labute approximate surface area is 181 Å². The quantitative estimate of drug-likeness (QED) is 0.338. The van der Waals surface area contributed by atoms with E-state index in [1.54, 1.807) is 31.4 Å². The van der Waals surface area contributed by atoms with Crippen molar-refractivity contribution in [2.45, 2.75) is 13.8 Å². The van der Waals surface area contributed by atoms with Gasteiger partial charge in [0.15, 0.2) is 17.3 Å². The molecule has 0 fully saturated rings. The lowest BCUT2D eigenvalue weighted by molar-refractivity contribution is -0.132. The average molecular weight is 437 g/mol. The lowest BCUT2D eigenvalue weighted by Crippen LogP contribution is -2.23. The highest BCUT2D eigenvalue weighted by Crippen LogP contribution is 2.29. The lowest BCUT2D eigenvalue weighted by atomic mass is 10.2. The van der Waals surface area contributed by atoms with Gasteiger partial charge in [0.2, 0.25) is 4.96 Å². The second kappa shape index (κ2) is 8.57. The number of carbonyl (C=O) groups excluding carboxylic acids is 1. The molecule has 9 heteroatoms. The summed E-state index contributed by atoms with van der Waals surface area (Å²) in [6, 6.07) is 12.4. The molecule has 8 nitrogen and oxygen atoms in total. The minimum absolute atomic E-state index is 0.255. The Kier molecular flexibility index (Phi) is 5.68. The Morgan fingerprint density at radius 2 is 1.94 bits per heavy atom. The molecule has 0 atom stereocenters. The van der Waals surface area contributed by atoms with Crippen LogP contribution in [-0.4, -0.2) is 34.3 Å². The highest BCUT2D eigenvalue weighted by Gasteiger charge is 2.13. The molecular weight excluding hydrogens is 418 g/mol. The molecule has 0 aliphatic rings. The maximum absolute atomic E-state index is 12.8. The number of nitrogens with zero attached hydrogens (tertiary/aromatic N) is 3. The van der Waals surface area contributed by atoms with Crippen molar-refractivity contribution >= 4 is 28.3 Å². The molecule has 4 rings (SSSR count). The SMILES string of the molecule is CCOc1cc(/C=c2\sc3nc(-c4ccc(OC)cc4)nn3c2=O)ccc1OC(C)=O. The van der Waals surface area contributed by atoms with Gasteiger partial charge in [-0.15, -0.1) is 5.10 Å². The fraction of sp³-hybridized carbons (Fsp3) is 0.182. The van der Waals surface area contributed by atoms with Crippen molar-refractivity contribution < 1.29 is 19.0 Å². The van der Waals surface area contributed by atoms with E-state index in [-0.39, 0.29) is 5.56 Å². The fourth-order valence-electron chi connectivity index (χ4n) is 2.97. The first-order chi connectivity index (χ1) is 15.0. The smallest absolute Gasteiger partial charge is 0.308 e. The largest absolute Gasteiger partial charge is 0.497 e. The van der Waals surface area contributed by atoms with Crippen LogP contribution in [0.15, 0.2) is 47.3 Å². The first-order valence-electron chi connectivity index (χ1n) is 9.49. The van der Waals surface area contributed by atoms with Gasteiger partial charge in [0.1, 0.15) is 5.75 Å². The summed E-state index contributed by atoms with van der Waals surface area (Å²) in [7, 11) is 1.60. The zero-order valence-corrected chi connectivity index (χ0v) is 17.9. The molecule has 0 saturated heterocycles. The van der Waals surface area contributed by atoms with Crippen LogP contribution in [-0.2, 0) is 4.79 Å². The van der Waals surface area contributed by atoms with E-state index >= 15 is 0 Å². The minimum atomic E-state index is -0.433. The Morgan fingerprint density at radius 1 is 1.16 bits per heavy atom. The van der Waals surface area contributed by atoms with E-state index in [4.69, 9.17) is 14.2 Å². The van der Waals surface area contributed by atoms with Gasteiger partial charge in [-0.2, -0.15) is 9.50 Å². The van der Waals surface area contributed by atoms with Gasteiger partial charge in [0.25, 0.3) is 5.56 Å². The van der Waals surface area contributed by atoms with E-state index in [0.717, 1.165) is 16.9 Å². The van der Waals surface area contributed by atoms with Crippen molar-refractivity contribution in [3.05, 3.63) is 62.9 Å². The third-order valence-corrected chi connectivity index (χ3v) is 5.31. The molecule has 2 aromatic heterocycles. The van der Waals surface area contributed by atoms with Gasteiger partial charge in [-0.1, -0.05) is 17.4 Å². The molecule has 0 bridgehead atoms. The maximum Gasteiger partial charge on any atom is 0.308 e. The summed E-state index contributed by atoms with van der Waals surface area (Å²) in [5, 5.41) is 4.35. The van der Waals surface area contributed by atoms with Gasteiger partial charge in [0, 0.05) is 12.5 Å². The molecular formula is C22H19N3O5S. The molecule has 0 saturated carbocycles. The summed E-state index contributed by atoms with van der Waals surface area (Å²) in [5.74, 6) is 1.54. The highest BCUT2D eigenvalue weighted by molar-refractivity contribution is 7.15. The Morgan fingerprint density at radius 3 is 2.58 bits per heavy atom. The van der Waals surface area contributed by atoms with Gasteiger partial charge >= 0.3 is 5.97 Å². The van der Waals surface area contributed by atoms with Crippen molar-refractivity contribution in [2.24, 2.45) is 0 Å². The first-order valence-corrected chi connectivity index (χ1v) is 10.3. The number of benzene rings is 2. The summed E-state index contributed by atoms with van der Waals surface area (Å²) in [6.45, 7) is 3.58. The lowest BCUT2D eigenvalue weighted by Gasteiger charge is -2.10. The molecule has 0 aliphatic carbocycles. The van der Waals surface area contributed by atoms with Gasteiger partial charge < -0.3 is 14.2 Å². The number of methoxy groups -OCH3 is 1. The van der Waals surface area contributed by atoms with Gasteiger partial charge in [-0.05, 0) is 55.0 Å². The second-order valence-corrected chi connectivity index (χ2v) is 7.52. The molecule has 4 aromatic rings. The summed E-state index contributed by atoms with van der Waals surface area (Å²) in [6.07, 6.45) is 1.73. The van der Waals surface area contributed by atoms with E-state index in [9.17, 15) is 9.59 Å². The van der Waals surface area contributed by atoms with E-state index in [0.29, 0.717) is 33.4 Å². The number of aromatic nitrogens is 3. The number of fused-ring (bicyclic) bond motifs is 1. The van der Waals surface area contributed by atoms with Gasteiger partial charge in [-0.3, -0.25) is 9.59 Å². The van der Waals surface area contributed by atoms with Crippen molar-refractivity contribution in [1.29, 1.82) is 0 Å². The van der Waals surface area contributed by atoms with E-state index in [1.165, 1.54) is 22.8 Å².